The smallest absolute Gasteiger partial charge is 0.241 e. The molecule has 0 bridgehead atoms. The summed E-state index contributed by atoms with van der Waals surface area (Å²) in [5, 5.41) is 7.59. The van der Waals surface area contributed by atoms with Gasteiger partial charge in [0.2, 0.25) is 5.91 Å². The second kappa shape index (κ2) is 8.65. The molecule has 3 heterocycles. The molecule has 0 radical (unpaired) electrons. The van der Waals surface area contributed by atoms with Crippen LogP contribution in [0, 0.1) is 26.7 Å². The Kier molecular flexibility index (Phi) is 6.11. The fraction of sp³-hybridized carbons (Fsp3) is 0.600. The number of fused-ring (bicyclic) bond motifs is 1. The molecular formula is C25H36N4O2. The summed E-state index contributed by atoms with van der Waals surface area (Å²) < 4.78 is 8.05. The highest BCUT2D eigenvalue weighted by Crippen LogP contribution is 2.38. The first-order valence-corrected chi connectivity index (χ1v) is 11.5. The maximum absolute atomic E-state index is 12.4. The predicted molar refractivity (Wildman–Crippen MR) is 122 cm³/mol. The third kappa shape index (κ3) is 4.95. The Morgan fingerprint density at radius 2 is 1.97 bits per heavy atom. The number of aromatic nitrogens is 2. The van der Waals surface area contributed by atoms with Gasteiger partial charge in [-0.15, -0.1) is 0 Å². The average molecular weight is 425 g/mol. The average Bonchev–Trinajstić information content (AvgIpc) is 3.17. The summed E-state index contributed by atoms with van der Waals surface area (Å²) in [5.74, 6) is 1.69. The molecule has 0 spiro atoms. The molecule has 1 fully saturated rings. The van der Waals surface area contributed by atoms with E-state index in [2.05, 4.69) is 54.3 Å². The Balaban J connectivity index is 1.23. The van der Waals surface area contributed by atoms with Crippen LogP contribution in [-0.4, -0.2) is 45.8 Å². The van der Waals surface area contributed by atoms with Crippen LogP contribution in [-0.2, 0) is 24.3 Å². The van der Waals surface area contributed by atoms with E-state index in [-0.39, 0.29) is 11.5 Å². The van der Waals surface area contributed by atoms with E-state index in [9.17, 15) is 4.79 Å². The molecule has 1 aromatic carbocycles. The molecule has 0 atom stereocenters. The monoisotopic (exact) mass is 424 g/mol. The number of nitrogens with one attached hydrogen (secondary N) is 1. The number of aryl methyl sites for hydroxylation is 1. The SMILES string of the molecule is Cc1nn(CC(=O)NCC2CCN(Cc3cccc4c3OC(C)(C)C4)CC2)c(C)c1C. The van der Waals surface area contributed by atoms with Crippen LogP contribution in [0.1, 0.15) is 54.8 Å². The van der Waals surface area contributed by atoms with E-state index in [0.29, 0.717) is 12.5 Å². The number of carbonyl (C=O) groups is 1. The van der Waals surface area contributed by atoms with Crippen LogP contribution >= 0.6 is 0 Å². The van der Waals surface area contributed by atoms with Crippen molar-refractivity contribution in [2.75, 3.05) is 19.6 Å². The van der Waals surface area contributed by atoms with Crippen molar-refractivity contribution in [1.82, 2.24) is 20.0 Å². The fourth-order valence-corrected chi connectivity index (χ4v) is 4.78. The van der Waals surface area contributed by atoms with Gasteiger partial charge in [0.05, 0.1) is 5.69 Å². The first-order chi connectivity index (χ1) is 14.7. The zero-order valence-electron chi connectivity index (χ0n) is 19.6. The number of hydrogen-bond acceptors (Lipinski definition) is 4. The summed E-state index contributed by atoms with van der Waals surface area (Å²) >= 11 is 0. The molecule has 1 N–H and O–H groups in total. The molecule has 1 saturated heterocycles. The van der Waals surface area contributed by atoms with Gasteiger partial charge in [0, 0.05) is 30.8 Å². The van der Waals surface area contributed by atoms with Gasteiger partial charge in [-0.3, -0.25) is 14.4 Å². The maximum Gasteiger partial charge on any atom is 0.241 e. The molecule has 1 amide bonds. The van der Waals surface area contributed by atoms with Gasteiger partial charge >= 0.3 is 0 Å². The van der Waals surface area contributed by atoms with Gasteiger partial charge in [0.1, 0.15) is 17.9 Å². The number of nitrogens with zero attached hydrogens (tertiary/aromatic N) is 3. The molecule has 0 aliphatic carbocycles. The van der Waals surface area contributed by atoms with E-state index in [1.165, 1.54) is 11.1 Å². The van der Waals surface area contributed by atoms with Crippen LogP contribution in [0.15, 0.2) is 18.2 Å². The summed E-state index contributed by atoms with van der Waals surface area (Å²) in [6, 6.07) is 6.55. The third-order valence-electron chi connectivity index (χ3n) is 6.90. The minimum atomic E-state index is -0.101. The zero-order chi connectivity index (χ0) is 22.2. The molecule has 6 nitrogen and oxygen atoms in total. The molecule has 31 heavy (non-hydrogen) atoms. The molecule has 6 heteroatoms. The number of hydrogen-bond donors (Lipinski definition) is 1. The quantitative estimate of drug-likeness (QED) is 0.770. The van der Waals surface area contributed by atoms with E-state index < -0.39 is 0 Å². The molecular weight excluding hydrogens is 388 g/mol. The Morgan fingerprint density at radius 1 is 1.23 bits per heavy atom. The summed E-state index contributed by atoms with van der Waals surface area (Å²) in [6.45, 7) is 14.5. The van der Waals surface area contributed by atoms with Crippen LogP contribution < -0.4 is 10.1 Å². The number of benzene rings is 1. The van der Waals surface area contributed by atoms with Gasteiger partial charge in [0.15, 0.2) is 0 Å². The van der Waals surface area contributed by atoms with Crippen molar-refractivity contribution in [3.63, 3.8) is 0 Å². The van der Waals surface area contributed by atoms with Crippen LogP contribution in [0.4, 0.5) is 0 Å². The summed E-state index contributed by atoms with van der Waals surface area (Å²) in [7, 11) is 0. The largest absolute Gasteiger partial charge is 0.487 e. The van der Waals surface area contributed by atoms with E-state index in [0.717, 1.165) is 68.1 Å². The topological polar surface area (TPSA) is 59.4 Å². The number of likely N-dealkylation sites (tertiary alicyclic amines) is 1. The molecule has 2 aliphatic heterocycles. The van der Waals surface area contributed by atoms with Gasteiger partial charge in [-0.1, -0.05) is 18.2 Å². The first-order valence-electron chi connectivity index (χ1n) is 11.5. The van der Waals surface area contributed by atoms with Crippen molar-refractivity contribution in [3.05, 3.63) is 46.3 Å². The van der Waals surface area contributed by atoms with Gasteiger partial charge in [-0.2, -0.15) is 5.10 Å². The number of ether oxygens (including phenoxy) is 1. The molecule has 168 valence electrons. The highest BCUT2D eigenvalue weighted by molar-refractivity contribution is 5.75. The first kappa shape index (κ1) is 21.9. The van der Waals surface area contributed by atoms with E-state index in [1.807, 2.05) is 18.5 Å². The number of rotatable bonds is 6. The zero-order valence-corrected chi connectivity index (χ0v) is 19.6. The Labute approximate surface area is 186 Å². The van der Waals surface area contributed by atoms with Crippen molar-refractivity contribution >= 4 is 5.91 Å². The second-order valence-electron chi connectivity index (χ2n) is 9.92. The Hall–Kier alpha value is -2.34. The molecule has 1 aromatic heterocycles. The van der Waals surface area contributed by atoms with Gasteiger partial charge < -0.3 is 10.1 Å². The van der Waals surface area contributed by atoms with E-state index in [4.69, 9.17) is 4.74 Å². The minimum absolute atomic E-state index is 0.0487. The summed E-state index contributed by atoms with van der Waals surface area (Å²) in [6.07, 6.45) is 3.20. The molecule has 0 saturated carbocycles. The van der Waals surface area contributed by atoms with Gasteiger partial charge in [0.25, 0.3) is 0 Å². The highest BCUT2D eigenvalue weighted by Gasteiger charge is 2.32. The van der Waals surface area contributed by atoms with Crippen molar-refractivity contribution in [2.45, 2.75) is 72.6 Å². The Bertz CT molecular complexity index is 955. The van der Waals surface area contributed by atoms with E-state index in [1.54, 1.807) is 0 Å². The van der Waals surface area contributed by atoms with Gasteiger partial charge in [-0.25, -0.2) is 0 Å². The van der Waals surface area contributed by atoms with Crippen molar-refractivity contribution in [3.8, 4) is 5.75 Å². The number of carbonyl (C=O) groups excluding carboxylic acids is 1. The third-order valence-corrected chi connectivity index (χ3v) is 6.90. The lowest BCUT2D eigenvalue weighted by Crippen LogP contribution is -2.39. The minimum Gasteiger partial charge on any atom is -0.487 e. The van der Waals surface area contributed by atoms with Gasteiger partial charge in [-0.05, 0) is 77.6 Å². The van der Waals surface area contributed by atoms with Crippen molar-refractivity contribution in [2.24, 2.45) is 5.92 Å². The fourth-order valence-electron chi connectivity index (χ4n) is 4.78. The van der Waals surface area contributed by atoms with E-state index >= 15 is 0 Å². The maximum atomic E-state index is 12.4. The van der Waals surface area contributed by atoms with Crippen molar-refractivity contribution < 1.29 is 9.53 Å². The predicted octanol–water partition coefficient (Wildman–Crippen LogP) is 3.55. The van der Waals surface area contributed by atoms with Crippen LogP contribution in [0.5, 0.6) is 5.75 Å². The number of para-hydroxylation sites is 1. The summed E-state index contributed by atoms with van der Waals surface area (Å²) in [4.78, 5) is 14.9. The molecule has 0 unspecified atom stereocenters. The molecule has 2 aromatic rings. The lowest BCUT2D eigenvalue weighted by molar-refractivity contribution is -0.122. The summed E-state index contributed by atoms with van der Waals surface area (Å²) in [5.41, 5.74) is 5.76. The van der Waals surface area contributed by atoms with Crippen LogP contribution in [0.2, 0.25) is 0 Å². The van der Waals surface area contributed by atoms with Crippen LogP contribution in [0.3, 0.4) is 0 Å². The highest BCUT2D eigenvalue weighted by atomic mass is 16.5. The number of amides is 1. The van der Waals surface area contributed by atoms with Crippen LogP contribution in [0.25, 0.3) is 0 Å². The standard InChI is InChI=1S/C25H36N4O2/c1-17-18(2)27-29(19(17)3)16-23(30)26-14-20-9-11-28(12-10-20)15-22-8-6-7-21-13-25(4,5)31-24(21)22/h6-8,20H,9-16H2,1-5H3,(H,26,30). The lowest BCUT2D eigenvalue weighted by Gasteiger charge is -2.32. The second-order valence-corrected chi connectivity index (χ2v) is 9.92. The van der Waals surface area contributed by atoms with Crippen molar-refractivity contribution in [1.29, 1.82) is 0 Å². The molecule has 4 rings (SSSR count). The number of piperidine rings is 1. The lowest BCUT2D eigenvalue weighted by atomic mass is 9.96. The normalized spacial score (nSPS) is 18.6. The molecule has 2 aliphatic rings. The Morgan fingerprint density at radius 3 is 2.65 bits per heavy atom.